The van der Waals surface area contributed by atoms with E-state index in [2.05, 4.69) is 17.3 Å². The van der Waals surface area contributed by atoms with E-state index in [0.29, 0.717) is 11.7 Å². The normalized spacial score (nSPS) is 26.3. The molecule has 23 heavy (non-hydrogen) atoms. The summed E-state index contributed by atoms with van der Waals surface area (Å²) in [5.41, 5.74) is 0.689. The summed E-state index contributed by atoms with van der Waals surface area (Å²) in [7, 11) is 3.61. The molecule has 2 aliphatic rings. The number of amides is 1. The van der Waals surface area contributed by atoms with Gasteiger partial charge in [-0.2, -0.15) is 5.10 Å². The summed E-state index contributed by atoms with van der Waals surface area (Å²) in [6.45, 7) is 5.59. The molecule has 1 saturated heterocycles. The Labute approximate surface area is 138 Å². The zero-order valence-electron chi connectivity index (χ0n) is 14.4. The summed E-state index contributed by atoms with van der Waals surface area (Å²) < 4.78 is 7.16. The maximum atomic E-state index is 12.5. The number of piperidine rings is 1. The number of ether oxygens (including phenoxy) is 1. The molecule has 2 fully saturated rings. The smallest absolute Gasteiger partial charge is 0.274 e. The lowest BCUT2D eigenvalue weighted by atomic mass is 9.78. The molecule has 0 spiro atoms. The predicted octanol–water partition coefficient (Wildman–Crippen LogP) is 1.29. The fraction of sp³-hybridized carbons (Fsp3) is 0.765. The molecular weight excluding hydrogens is 292 g/mol. The highest BCUT2D eigenvalue weighted by Crippen LogP contribution is 2.35. The van der Waals surface area contributed by atoms with Gasteiger partial charge in [0.15, 0.2) is 0 Å². The third-order valence-electron chi connectivity index (χ3n) is 5.34. The molecule has 1 aromatic rings. The second kappa shape index (κ2) is 6.61. The van der Waals surface area contributed by atoms with Crippen molar-refractivity contribution in [1.82, 2.24) is 20.0 Å². The fourth-order valence-corrected chi connectivity index (χ4v) is 3.51. The number of nitrogens with one attached hydrogen (secondary N) is 1. The van der Waals surface area contributed by atoms with Crippen LogP contribution in [0.5, 0.6) is 0 Å². The number of likely N-dealkylation sites (tertiary alicyclic amines) is 1. The van der Waals surface area contributed by atoms with Gasteiger partial charge in [0.05, 0.1) is 6.61 Å². The van der Waals surface area contributed by atoms with Crippen LogP contribution in [0.15, 0.2) is 12.3 Å². The number of nitrogens with zero attached hydrogens (tertiary/aromatic N) is 3. The molecule has 1 aliphatic carbocycles. The Balaban J connectivity index is 1.56. The van der Waals surface area contributed by atoms with Crippen LogP contribution in [0, 0.1) is 11.3 Å². The van der Waals surface area contributed by atoms with E-state index < -0.39 is 0 Å². The molecule has 1 aromatic heterocycles. The van der Waals surface area contributed by atoms with Crippen molar-refractivity contribution in [2.24, 2.45) is 18.4 Å². The van der Waals surface area contributed by atoms with Gasteiger partial charge in [-0.05, 0) is 31.2 Å². The first kappa shape index (κ1) is 16.5. The third kappa shape index (κ3) is 3.75. The van der Waals surface area contributed by atoms with Crippen LogP contribution >= 0.6 is 0 Å². The van der Waals surface area contributed by atoms with Gasteiger partial charge in [-0.1, -0.05) is 6.92 Å². The molecule has 0 bridgehead atoms. The van der Waals surface area contributed by atoms with Crippen LogP contribution in [-0.2, 0) is 11.8 Å². The van der Waals surface area contributed by atoms with E-state index in [4.69, 9.17) is 4.74 Å². The van der Waals surface area contributed by atoms with Gasteiger partial charge in [-0.15, -0.1) is 0 Å². The van der Waals surface area contributed by atoms with E-state index in [1.807, 2.05) is 18.1 Å². The largest absolute Gasteiger partial charge is 0.384 e. The zero-order chi connectivity index (χ0) is 16.4. The van der Waals surface area contributed by atoms with Crippen molar-refractivity contribution in [3.63, 3.8) is 0 Å². The molecule has 2 atom stereocenters. The molecule has 0 radical (unpaired) electrons. The van der Waals surface area contributed by atoms with Crippen molar-refractivity contribution in [3.05, 3.63) is 18.0 Å². The van der Waals surface area contributed by atoms with Gasteiger partial charge in [-0.25, -0.2) is 0 Å². The summed E-state index contributed by atoms with van der Waals surface area (Å²) in [4.78, 5) is 14.4. The number of carbonyl (C=O) groups is 1. The van der Waals surface area contributed by atoms with Crippen LogP contribution in [0.2, 0.25) is 0 Å². The maximum Gasteiger partial charge on any atom is 0.274 e. The SMILES string of the molecule is COCC1(CN[C@@H]2C[C@H]2C)CCN(C(=O)c2ccn(C)n2)CC1. The minimum atomic E-state index is 0.0420. The number of aromatic nitrogens is 2. The Morgan fingerprint density at radius 3 is 2.70 bits per heavy atom. The van der Waals surface area contributed by atoms with Crippen LogP contribution in [0.4, 0.5) is 0 Å². The van der Waals surface area contributed by atoms with Gasteiger partial charge in [0.2, 0.25) is 0 Å². The Kier molecular flexibility index (Phi) is 4.73. The summed E-state index contributed by atoms with van der Waals surface area (Å²) in [6.07, 6.45) is 5.06. The van der Waals surface area contributed by atoms with Crippen molar-refractivity contribution in [3.8, 4) is 0 Å². The number of hydrogen-bond acceptors (Lipinski definition) is 4. The summed E-state index contributed by atoms with van der Waals surface area (Å²) in [5, 5.41) is 7.90. The Morgan fingerprint density at radius 2 is 2.17 bits per heavy atom. The molecule has 1 saturated carbocycles. The highest BCUT2D eigenvalue weighted by Gasteiger charge is 2.39. The standard InChI is InChI=1S/C17H28N4O2/c1-13-10-15(13)18-11-17(12-23-3)5-8-21(9-6-17)16(22)14-4-7-20(2)19-14/h4,7,13,15,18H,5-6,8-12H2,1-3H3/t13-,15-/m1/s1. The molecular formula is C17H28N4O2. The maximum absolute atomic E-state index is 12.5. The van der Waals surface area contributed by atoms with E-state index in [1.54, 1.807) is 17.9 Å². The third-order valence-corrected chi connectivity index (χ3v) is 5.34. The monoisotopic (exact) mass is 320 g/mol. The van der Waals surface area contributed by atoms with E-state index in [-0.39, 0.29) is 11.3 Å². The lowest BCUT2D eigenvalue weighted by Crippen LogP contribution is -2.49. The second-order valence-electron chi connectivity index (χ2n) is 7.30. The van der Waals surface area contributed by atoms with E-state index in [1.165, 1.54) is 6.42 Å². The topological polar surface area (TPSA) is 59.4 Å². The lowest BCUT2D eigenvalue weighted by molar-refractivity contribution is 0.0198. The van der Waals surface area contributed by atoms with Crippen molar-refractivity contribution in [1.29, 1.82) is 0 Å². The van der Waals surface area contributed by atoms with Gasteiger partial charge >= 0.3 is 0 Å². The molecule has 1 aliphatic heterocycles. The summed E-state index contributed by atoms with van der Waals surface area (Å²) >= 11 is 0. The molecule has 0 aromatic carbocycles. The average Bonchev–Trinajstić information content (AvgIpc) is 3.08. The quantitative estimate of drug-likeness (QED) is 0.858. The first-order valence-electron chi connectivity index (χ1n) is 8.54. The highest BCUT2D eigenvalue weighted by atomic mass is 16.5. The van der Waals surface area contributed by atoms with Crippen molar-refractivity contribution >= 4 is 5.91 Å². The molecule has 2 heterocycles. The van der Waals surface area contributed by atoms with Gasteiger partial charge in [0.25, 0.3) is 5.91 Å². The molecule has 1 amide bonds. The van der Waals surface area contributed by atoms with Gasteiger partial charge in [0.1, 0.15) is 5.69 Å². The van der Waals surface area contributed by atoms with Gasteiger partial charge in [0, 0.05) is 51.4 Å². The number of rotatable bonds is 6. The first-order valence-corrected chi connectivity index (χ1v) is 8.54. The molecule has 6 heteroatoms. The van der Waals surface area contributed by atoms with Gasteiger partial charge < -0.3 is 15.0 Å². The highest BCUT2D eigenvalue weighted by molar-refractivity contribution is 5.92. The predicted molar refractivity (Wildman–Crippen MR) is 88.2 cm³/mol. The molecule has 3 rings (SSSR count). The number of carbonyl (C=O) groups excluding carboxylic acids is 1. The molecule has 1 N–H and O–H groups in total. The van der Waals surface area contributed by atoms with E-state index in [9.17, 15) is 4.79 Å². The fourth-order valence-electron chi connectivity index (χ4n) is 3.51. The molecule has 128 valence electrons. The Hall–Kier alpha value is -1.40. The lowest BCUT2D eigenvalue weighted by Gasteiger charge is -2.41. The zero-order valence-corrected chi connectivity index (χ0v) is 14.4. The Bertz CT molecular complexity index is 549. The van der Waals surface area contributed by atoms with Crippen molar-refractivity contribution < 1.29 is 9.53 Å². The van der Waals surface area contributed by atoms with Crippen LogP contribution < -0.4 is 5.32 Å². The van der Waals surface area contributed by atoms with E-state index in [0.717, 1.165) is 45.0 Å². The second-order valence-corrected chi connectivity index (χ2v) is 7.30. The van der Waals surface area contributed by atoms with Crippen LogP contribution in [-0.4, -0.2) is 60.0 Å². The van der Waals surface area contributed by atoms with Crippen molar-refractivity contribution in [2.75, 3.05) is 33.4 Å². The summed E-state index contributed by atoms with van der Waals surface area (Å²) in [5.74, 6) is 0.848. The van der Waals surface area contributed by atoms with Crippen LogP contribution in [0.25, 0.3) is 0 Å². The Morgan fingerprint density at radius 1 is 1.48 bits per heavy atom. The van der Waals surface area contributed by atoms with Crippen LogP contribution in [0.3, 0.4) is 0 Å². The minimum Gasteiger partial charge on any atom is -0.384 e. The first-order chi connectivity index (χ1) is 11.0. The van der Waals surface area contributed by atoms with Crippen LogP contribution in [0.1, 0.15) is 36.7 Å². The van der Waals surface area contributed by atoms with E-state index >= 15 is 0 Å². The molecule has 0 unspecified atom stereocenters. The minimum absolute atomic E-state index is 0.0420. The van der Waals surface area contributed by atoms with Crippen molar-refractivity contribution in [2.45, 2.75) is 32.2 Å². The molecule has 6 nitrogen and oxygen atoms in total. The average molecular weight is 320 g/mol. The number of hydrogen-bond donors (Lipinski definition) is 1. The summed E-state index contributed by atoms with van der Waals surface area (Å²) in [6, 6.07) is 2.46. The number of methoxy groups -OCH3 is 1. The van der Waals surface area contributed by atoms with Gasteiger partial charge in [-0.3, -0.25) is 9.48 Å². The number of aryl methyl sites for hydroxylation is 1.